The summed E-state index contributed by atoms with van der Waals surface area (Å²) in [6, 6.07) is 13.8. The van der Waals surface area contributed by atoms with E-state index in [1.54, 1.807) is 0 Å². The predicted octanol–water partition coefficient (Wildman–Crippen LogP) is 2.56. The first-order chi connectivity index (χ1) is 11.1. The molecule has 0 saturated carbocycles. The van der Waals surface area contributed by atoms with Crippen LogP contribution in [0.5, 0.6) is 5.75 Å². The summed E-state index contributed by atoms with van der Waals surface area (Å²) in [5.74, 6) is 0.170. The molecule has 0 aliphatic carbocycles. The number of nitro groups is 1. The molecule has 6 nitrogen and oxygen atoms in total. The van der Waals surface area contributed by atoms with Gasteiger partial charge in [-0.25, -0.2) is 0 Å². The van der Waals surface area contributed by atoms with Gasteiger partial charge in [0.2, 0.25) is 0 Å². The van der Waals surface area contributed by atoms with Crippen LogP contribution in [0.4, 0.5) is 5.69 Å². The standard InChI is InChI=1S/C17H20N2O4/c20-9-8-14(13-4-2-1-3-5-13)11-18-12-15-10-16(19(22)23)6-7-17(15)21/h1-7,10,14,18,20-21H,8-9,11-12H2. The number of hydrogen-bond acceptors (Lipinski definition) is 5. The molecule has 2 aromatic rings. The van der Waals surface area contributed by atoms with Crippen molar-refractivity contribution in [3.05, 3.63) is 69.8 Å². The van der Waals surface area contributed by atoms with Crippen LogP contribution in [0.25, 0.3) is 0 Å². The summed E-state index contributed by atoms with van der Waals surface area (Å²) in [6.45, 7) is 1.01. The first-order valence-corrected chi connectivity index (χ1v) is 7.44. The van der Waals surface area contributed by atoms with Crippen LogP contribution in [0.3, 0.4) is 0 Å². The number of nitro benzene ring substituents is 1. The van der Waals surface area contributed by atoms with E-state index >= 15 is 0 Å². The number of benzene rings is 2. The molecule has 0 fully saturated rings. The van der Waals surface area contributed by atoms with Gasteiger partial charge in [0.15, 0.2) is 0 Å². The summed E-state index contributed by atoms with van der Waals surface area (Å²) in [7, 11) is 0. The lowest BCUT2D eigenvalue weighted by Crippen LogP contribution is -2.22. The third kappa shape index (κ3) is 4.77. The van der Waals surface area contributed by atoms with Crippen molar-refractivity contribution in [1.82, 2.24) is 5.32 Å². The Morgan fingerprint density at radius 3 is 2.57 bits per heavy atom. The van der Waals surface area contributed by atoms with E-state index in [0.717, 1.165) is 5.56 Å². The van der Waals surface area contributed by atoms with Crippen molar-refractivity contribution < 1.29 is 15.1 Å². The van der Waals surface area contributed by atoms with Gasteiger partial charge in [0.05, 0.1) is 4.92 Å². The summed E-state index contributed by atoms with van der Waals surface area (Å²) in [4.78, 5) is 10.3. The molecule has 2 aromatic carbocycles. The fraction of sp³-hybridized carbons (Fsp3) is 0.294. The molecule has 0 radical (unpaired) electrons. The van der Waals surface area contributed by atoms with Gasteiger partial charge in [-0.2, -0.15) is 0 Å². The number of rotatable bonds is 8. The van der Waals surface area contributed by atoms with Crippen molar-refractivity contribution in [1.29, 1.82) is 0 Å². The number of nitrogens with one attached hydrogen (secondary N) is 1. The molecule has 0 amide bonds. The predicted molar refractivity (Wildman–Crippen MR) is 87.4 cm³/mol. The van der Waals surface area contributed by atoms with Gasteiger partial charge in [0.25, 0.3) is 5.69 Å². The van der Waals surface area contributed by atoms with Crippen LogP contribution in [-0.2, 0) is 6.54 Å². The highest BCUT2D eigenvalue weighted by atomic mass is 16.6. The highest BCUT2D eigenvalue weighted by Gasteiger charge is 2.13. The lowest BCUT2D eigenvalue weighted by molar-refractivity contribution is -0.384. The van der Waals surface area contributed by atoms with Crippen molar-refractivity contribution in [3.8, 4) is 5.75 Å². The third-order valence-electron chi connectivity index (χ3n) is 3.73. The molecule has 2 rings (SSSR count). The van der Waals surface area contributed by atoms with Gasteiger partial charge in [0.1, 0.15) is 5.75 Å². The molecular weight excluding hydrogens is 296 g/mol. The number of aliphatic hydroxyl groups excluding tert-OH is 1. The van der Waals surface area contributed by atoms with Crippen molar-refractivity contribution >= 4 is 5.69 Å². The first-order valence-electron chi connectivity index (χ1n) is 7.44. The SMILES string of the molecule is O=[N+]([O-])c1ccc(O)c(CNCC(CCO)c2ccccc2)c1. The molecule has 0 aliphatic rings. The molecule has 0 aliphatic heterocycles. The van der Waals surface area contributed by atoms with E-state index in [4.69, 9.17) is 0 Å². The zero-order chi connectivity index (χ0) is 16.7. The van der Waals surface area contributed by atoms with Crippen molar-refractivity contribution in [3.63, 3.8) is 0 Å². The number of phenolic OH excluding ortho intramolecular Hbond substituents is 1. The fourth-order valence-corrected chi connectivity index (χ4v) is 2.48. The molecule has 122 valence electrons. The van der Waals surface area contributed by atoms with Gasteiger partial charge in [0, 0.05) is 37.4 Å². The molecule has 1 atom stereocenters. The molecule has 0 saturated heterocycles. The molecule has 0 heterocycles. The van der Waals surface area contributed by atoms with Crippen LogP contribution in [0.1, 0.15) is 23.5 Å². The van der Waals surface area contributed by atoms with Crippen LogP contribution in [-0.4, -0.2) is 28.3 Å². The van der Waals surface area contributed by atoms with Gasteiger partial charge in [-0.3, -0.25) is 10.1 Å². The van der Waals surface area contributed by atoms with E-state index < -0.39 is 4.92 Å². The Labute approximate surface area is 134 Å². The summed E-state index contributed by atoms with van der Waals surface area (Å²) < 4.78 is 0. The Morgan fingerprint density at radius 1 is 1.17 bits per heavy atom. The van der Waals surface area contributed by atoms with Gasteiger partial charge < -0.3 is 15.5 Å². The zero-order valence-corrected chi connectivity index (χ0v) is 12.7. The topological polar surface area (TPSA) is 95.6 Å². The maximum absolute atomic E-state index is 10.8. The summed E-state index contributed by atoms with van der Waals surface area (Å²) >= 11 is 0. The van der Waals surface area contributed by atoms with E-state index in [0.29, 0.717) is 25.1 Å². The van der Waals surface area contributed by atoms with Crippen molar-refractivity contribution in [2.24, 2.45) is 0 Å². The highest BCUT2D eigenvalue weighted by molar-refractivity contribution is 5.42. The largest absolute Gasteiger partial charge is 0.508 e. The van der Waals surface area contributed by atoms with E-state index in [9.17, 15) is 20.3 Å². The maximum atomic E-state index is 10.8. The second kappa shape index (κ2) is 8.26. The molecule has 0 spiro atoms. The smallest absolute Gasteiger partial charge is 0.270 e. The van der Waals surface area contributed by atoms with Gasteiger partial charge in [-0.1, -0.05) is 30.3 Å². The van der Waals surface area contributed by atoms with Gasteiger partial charge in [-0.05, 0) is 24.0 Å². The van der Waals surface area contributed by atoms with E-state index in [2.05, 4.69) is 5.32 Å². The quantitative estimate of drug-likeness (QED) is 0.514. The summed E-state index contributed by atoms with van der Waals surface area (Å²) in [5.41, 5.74) is 1.56. The average molecular weight is 316 g/mol. The van der Waals surface area contributed by atoms with E-state index in [-0.39, 0.29) is 24.0 Å². The molecule has 0 aromatic heterocycles. The lowest BCUT2D eigenvalue weighted by Gasteiger charge is -2.17. The number of aliphatic hydroxyl groups is 1. The Bertz CT molecular complexity index is 646. The van der Waals surface area contributed by atoms with E-state index in [1.807, 2.05) is 30.3 Å². The Hall–Kier alpha value is -2.44. The number of aromatic hydroxyl groups is 1. The van der Waals surface area contributed by atoms with Crippen LogP contribution in [0.2, 0.25) is 0 Å². The minimum Gasteiger partial charge on any atom is -0.508 e. The number of nitrogens with zero attached hydrogens (tertiary/aromatic N) is 1. The van der Waals surface area contributed by atoms with E-state index in [1.165, 1.54) is 18.2 Å². The molecular formula is C17H20N2O4. The van der Waals surface area contributed by atoms with Crippen LogP contribution >= 0.6 is 0 Å². The Kier molecular flexibility index (Phi) is 6.08. The zero-order valence-electron chi connectivity index (χ0n) is 12.7. The summed E-state index contributed by atoms with van der Waals surface area (Å²) in [6.07, 6.45) is 0.623. The van der Waals surface area contributed by atoms with Crippen molar-refractivity contribution in [2.45, 2.75) is 18.9 Å². The monoisotopic (exact) mass is 316 g/mol. The van der Waals surface area contributed by atoms with Crippen LogP contribution < -0.4 is 5.32 Å². The minimum atomic E-state index is -0.485. The Morgan fingerprint density at radius 2 is 1.91 bits per heavy atom. The van der Waals surface area contributed by atoms with Gasteiger partial charge in [-0.15, -0.1) is 0 Å². The Balaban J connectivity index is 2.00. The number of non-ortho nitro benzene ring substituents is 1. The highest BCUT2D eigenvalue weighted by Crippen LogP contribution is 2.23. The number of phenols is 1. The first kappa shape index (κ1) is 16.9. The van der Waals surface area contributed by atoms with Crippen molar-refractivity contribution in [2.75, 3.05) is 13.2 Å². The van der Waals surface area contributed by atoms with Gasteiger partial charge >= 0.3 is 0 Å². The number of hydrogen-bond donors (Lipinski definition) is 3. The molecule has 1 unspecified atom stereocenters. The third-order valence-corrected chi connectivity index (χ3v) is 3.73. The summed E-state index contributed by atoms with van der Waals surface area (Å²) in [5, 5.41) is 33.0. The average Bonchev–Trinajstić information content (AvgIpc) is 2.56. The molecule has 23 heavy (non-hydrogen) atoms. The fourth-order valence-electron chi connectivity index (χ4n) is 2.48. The molecule has 3 N–H and O–H groups in total. The second-order valence-corrected chi connectivity index (χ2v) is 5.32. The normalized spacial score (nSPS) is 12.0. The molecule has 6 heteroatoms. The van der Waals surface area contributed by atoms with Crippen LogP contribution in [0, 0.1) is 10.1 Å². The maximum Gasteiger partial charge on any atom is 0.270 e. The second-order valence-electron chi connectivity index (χ2n) is 5.32. The minimum absolute atomic E-state index is 0.0292. The lowest BCUT2D eigenvalue weighted by atomic mass is 9.96. The molecule has 0 bridgehead atoms. The van der Waals surface area contributed by atoms with Crippen LogP contribution in [0.15, 0.2) is 48.5 Å².